The maximum absolute atomic E-state index is 12.3. The first-order chi connectivity index (χ1) is 9.22. The second-order valence-electron chi connectivity index (χ2n) is 5.16. The Morgan fingerprint density at radius 2 is 2.32 bits per heavy atom. The third-order valence-electron chi connectivity index (χ3n) is 3.59. The van der Waals surface area contributed by atoms with Crippen molar-refractivity contribution >= 4 is 5.91 Å². The predicted octanol–water partition coefficient (Wildman–Crippen LogP) is 1.15. The van der Waals surface area contributed by atoms with Crippen LogP contribution < -0.4 is 10.6 Å². The first-order valence-corrected chi connectivity index (χ1v) is 6.92. The smallest absolute Gasteiger partial charge is 0.229 e. The summed E-state index contributed by atoms with van der Waals surface area (Å²) in [6.45, 7) is 3.68. The van der Waals surface area contributed by atoms with Crippen molar-refractivity contribution in [2.24, 2.45) is 0 Å². The van der Waals surface area contributed by atoms with E-state index in [1.807, 2.05) is 25.1 Å². The van der Waals surface area contributed by atoms with Crippen LogP contribution in [0.15, 0.2) is 24.3 Å². The molecular weight excluding hydrogens is 240 g/mol. The molecule has 4 heteroatoms. The molecule has 1 aliphatic heterocycles. The SMILES string of the molecule is CC(CCCO)NC(=O)C1CNCc2ccccc21. The fourth-order valence-electron chi connectivity index (χ4n) is 2.54. The number of hydrogen-bond acceptors (Lipinski definition) is 3. The van der Waals surface area contributed by atoms with Crippen molar-refractivity contribution in [1.82, 2.24) is 10.6 Å². The quantitative estimate of drug-likeness (QED) is 0.746. The number of carbonyl (C=O) groups is 1. The molecule has 104 valence electrons. The highest BCUT2D eigenvalue weighted by Crippen LogP contribution is 2.24. The molecular formula is C15H22N2O2. The van der Waals surface area contributed by atoms with Crippen molar-refractivity contribution < 1.29 is 9.90 Å². The number of aliphatic hydroxyl groups is 1. The van der Waals surface area contributed by atoms with Gasteiger partial charge in [-0.25, -0.2) is 0 Å². The molecule has 0 saturated heterocycles. The van der Waals surface area contributed by atoms with Crippen molar-refractivity contribution in [2.75, 3.05) is 13.2 Å². The van der Waals surface area contributed by atoms with E-state index in [1.165, 1.54) is 5.56 Å². The van der Waals surface area contributed by atoms with Gasteiger partial charge < -0.3 is 15.7 Å². The molecule has 1 amide bonds. The van der Waals surface area contributed by atoms with E-state index in [2.05, 4.69) is 16.7 Å². The van der Waals surface area contributed by atoms with E-state index < -0.39 is 0 Å². The summed E-state index contributed by atoms with van der Waals surface area (Å²) < 4.78 is 0. The lowest BCUT2D eigenvalue weighted by atomic mass is 9.90. The van der Waals surface area contributed by atoms with E-state index in [4.69, 9.17) is 5.11 Å². The van der Waals surface area contributed by atoms with E-state index >= 15 is 0 Å². The fourth-order valence-corrected chi connectivity index (χ4v) is 2.54. The molecule has 1 aromatic carbocycles. The van der Waals surface area contributed by atoms with Crippen LogP contribution in [-0.4, -0.2) is 30.2 Å². The average Bonchev–Trinajstić information content (AvgIpc) is 2.44. The number of carbonyl (C=O) groups excluding carboxylic acids is 1. The summed E-state index contributed by atoms with van der Waals surface area (Å²) in [4.78, 5) is 12.3. The van der Waals surface area contributed by atoms with Crippen LogP contribution in [0.4, 0.5) is 0 Å². The molecule has 2 rings (SSSR count). The molecule has 19 heavy (non-hydrogen) atoms. The normalized spacial score (nSPS) is 19.6. The molecule has 0 fully saturated rings. The number of rotatable bonds is 5. The van der Waals surface area contributed by atoms with E-state index in [1.54, 1.807) is 0 Å². The fraction of sp³-hybridized carbons (Fsp3) is 0.533. The molecule has 3 N–H and O–H groups in total. The first kappa shape index (κ1) is 14.0. The Morgan fingerprint density at radius 1 is 1.53 bits per heavy atom. The van der Waals surface area contributed by atoms with Crippen LogP contribution >= 0.6 is 0 Å². The summed E-state index contributed by atoms with van der Waals surface area (Å²) in [6, 6.07) is 8.20. The lowest BCUT2D eigenvalue weighted by Crippen LogP contribution is -2.42. The van der Waals surface area contributed by atoms with Gasteiger partial charge >= 0.3 is 0 Å². The average molecular weight is 262 g/mol. The van der Waals surface area contributed by atoms with Crippen LogP contribution in [-0.2, 0) is 11.3 Å². The van der Waals surface area contributed by atoms with Gasteiger partial charge in [-0.15, -0.1) is 0 Å². The van der Waals surface area contributed by atoms with Gasteiger partial charge in [0.15, 0.2) is 0 Å². The van der Waals surface area contributed by atoms with Crippen molar-refractivity contribution in [3.8, 4) is 0 Å². The highest BCUT2D eigenvalue weighted by atomic mass is 16.3. The highest BCUT2D eigenvalue weighted by molar-refractivity contribution is 5.84. The summed E-state index contributed by atoms with van der Waals surface area (Å²) >= 11 is 0. The van der Waals surface area contributed by atoms with Crippen LogP contribution in [0.3, 0.4) is 0 Å². The molecule has 4 nitrogen and oxygen atoms in total. The Hall–Kier alpha value is -1.39. The largest absolute Gasteiger partial charge is 0.396 e. The lowest BCUT2D eigenvalue weighted by molar-refractivity contribution is -0.123. The third-order valence-corrected chi connectivity index (χ3v) is 3.59. The minimum absolute atomic E-state index is 0.0742. The number of aliphatic hydroxyl groups excluding tert-OH is 1. The molecule has 0 aliphatic carbocycles. The number of nitrogens with one attached hydrogen (secondary N) is 2. The molecule has 1 heterocycles. The van der Waals surface area contributed by atoms with Gasteiger partial charge in [0, 0.05) is 25.7 Å². The Kier molecular flexibility index (Phi) is 4.93. The van der Waals surface area contributed by atoms with Gasteiger partial charge in [-0.05, 0) is 30.9 Å². The number of benzene rings is 1. The van der Waals surface area contributed by atoms with Crippen molar-refractivity contribution in [3.63, 3.8) is 0 Å². The Bertz CT molecular complexity index is 434. The molecule has 2 atom stereocenters. The van der Waals surface area contributed by atoms with Crippen LogP contribution in [0.25, 0.3) is 0 Å². The lowest BCUT2D eigenvalue weighted by Gasteiger charge is -2.27. The third kappa shape index (κ3) is 3.55. The van der Waals surface area contributed by atoms with Crippen LogP contribution in [0.2, 0.25) is 0 Å². The molecule has 1 aromatic rings. The summed E-state index contributed by atoms with van der Waals surface area (Å²) in [5.41, 5.74) is 2.34. The topological polar surface area (TPSA) is 61.4 Å². The van der Waals surface area contributed by atoms with Gasteiger partial charge in [0.1, 0.15) is 0 Å². The van der Waals surface area contributed by atoms with E-state index in [9.17, 15) is 4.79 Å². The van der Waals surface area contributed by atoms with Gasteiger partial charge in [0.25, 0.3) is 0 Å². The summed E-state index contributed by atoms with van der Waals surface area (Å²) in [5, 5.41) is 15.1. The van der Waals surface area contributed by atoms with Gasteiger partial charge in [-0.2, -0.15) is 0 Å². The minimum atomic E-state index is -0.110. The van der Waals surface area contributed by atoms with Crippen LogP contribution in [0, 0.1) is 0 Å². The second-order valence-corrected chi connectivity index (χ2v) is 5.16. The zero-order valence-corrected chi connectivity index (χ0v) is 11.4. The second kappa shape index (κ2) is 6.68. The van der Waals surface area contributed by atoms with Gasteiger partial charge in [0.2, 0.25) is 5.91 Å². The van der Waals surface area contributed by atoms with Gasteiger partial charge in [-0.1, -0.05) is 24.3 Å². The molecule has 0 saturated carbocycles. The van der Waals surface area contributed by atoms with Crippen molar-refractivity contribution in [2.45, 2.75) is 38.3 Å². The number of fused-ring (bicyclic) bond motifs is 1. The monoisotopic (exact) mass is 262 g/mol. The van der Waals surface area contributed by atoms with Crippen LogP contribution in [0.1, 0.15) is 36.8 Å². The van der Waals surface area contributed by atoms with E-state index in [0.717, 1.165) is 24.9 Å². The van der Waals surface area contributed by atoms with Gasteiger partial charge in [-0.3, -0.25) is 4.79 Å². The molecule has 0 aromatic heterocycles. The standard InChI is InChI=1S/C15H22N2O2/c1-11(5-4-8-18)17-15(19)14-10-16-9-12-6-2-3-7-13(12)14/h2-3,6-7,11,14,16,18H,4-5,8-10H2,1H3,(H,17,19). The summed E-state index contributed by atoms with van der Waals surface area (Å²) in [6.07, 6.45) is 1.53. The zero-order valence-electron chi connectivity index (χ0n) is 11.4. The molecule has 2 unspecified atom stereocenters. The molecule has 0 radical (unpaired) electrons. The Labute approximate surface area is 114 Å². The van der Waals surface area contributed by atoms with Gasteiger partial charge in [0.05, 0.1) is 5.92 Å². The summed E-state index contributed by atoms with van der Waals surface area (Å²) in [5.74, 6) is -0.0355. The van der Waals surface area contributed by atoms with Crippen molar-refractivity contribution in [3.05, 3.63) is 35.4 Å². The number of hydrogen-bond donors (Lipinski definition) is 3. The molecule has 1 aliphatic rings. The predicted molar refractivity (Wildman–Crippen MR) is 74.8 cm³/mol. The minimum Gasteiger partial charge on any atom is -0.396 e. The van der Waals surface area contributed by atoms with Crippen molar-refractivity contribution in [1.29, 1.82) is 0 Å². The maximum atomic E-state index is 12.3. The van der Waals surface area contributed by atoms with E-state index in [0.29, 0.717) is 6.54 Å². The highest BCUT2D eigenvalue weighted by Gasteiger charge is 2.26. The van der Waals surface area contributed by atoms with E-state index in [-0.39, 0.29) is 24.5 Å². The Morgan fingerprint density at radius 3 is 3.11 bits per heavy atom. The maximum Gasteiger partial charge on any atom is 0.229 e. The number of amides is 1. The summed E-state index contributed by atoms with van der Waals surface area (Å²) in [7, 11) is 0. The van der Waals surface area contributed by atoms with Crippen LogP contribution in [0.5, 0.6) is 0 Å². The first-order valence-electron chi connectivity index (χ1n) is 6.92. The zero-order chi connectivity index (χ0) is 13.7. The molecule has 0 spiro atoms. The molecule has 0 bridgehead atoms. The Balaban J connectivity index is 2.00.